The highest BCUT2D eigenvalue weighted by atomic mass is 16.7. The number of methoxy groups -OCH3 is 1. The highest BCUT2D eigenvalue weighted by Crippen LogP contribution is 2.33. The third-order valence-corrected chi connectivity index (χ3v) is 6.36. The second-order valence-electron chi connectivity index (χ2n) is 8.33. The average Bonchev–Trinajstić information content (AvgIpc) is 3.42. The zero-order valence-electron chi connectivity index (χ0n) is 18.4. The Kier molecular flexibility index (Phi) is 5.74. The van der Waals surface area contributed by atoms with Gasteiger partial charge in [-0.2, -0.15) is 0 Å². The predicted octanol–water partition coefficient (Wildman–Crippen LogP) is 1.65. The number of piperazine rings is 1. The van der Waals surface area contributed by atoms with Crippen molar-refractivity contribution in [2.24, 2.45) is 0 Å². The van der Waals surface area contributed by atoms with Gasteiger partial charge in [-0.05, 0) is 42.0 Å². The van der Waals surface area contributed by atoms with E-state index in [1.807, 2.05) is 18.2 Å². The van der Waals surface area contributed by atoms with Crippen molar-refractivity contribution in [2.45, 2.75) is 19.0 Å². The van der Waals surface area contributed by atoms with Gasteiger partial charge in [-0.3, -0.25) is 19.4 Å². The molecular weight excluding hydrogens is 426 g/mol. The zero-order chi connectivity index (χ0) is 22.9. The molecule has 0 spiro atoms. The first-order valence-electron chi connectivity index (χ1n) is 10.9. The molecule has 3 heterocycles. The molecule has 3 aliphatic heterocycles. The van der Waals surface area contributed by atoms with Crippen LogP contribution < -0.4 is 14.4 Å². The van der Waals surface area contributed by atoms with Gasteiger partial charge in [0, 0.05) is 32.7 Å². The van der Waals surface area contributed by atoms with Gasteiger partial charge in [0.05, 0.1) is 30.8 Å². The maximum Gasteiger partial charge on any atom is 0.337 e. The monoisotopic (exact) mass is 451 g/mol. The van der Waals surface area contributed by atoms with Gasteiger partial charge < -0.3 is 14.2 Å². The van der Waals surface area contributed by atoms with Crippen molar-refractivity contribution in [1.82, 2.24) is 9.80 Å². The number of amides is 2. The topological polar surface area (TPSA) is 88.6 Å². The summed E-state index contributed by atoms with van der Waals surface area (Å²) in [5.74, 6) is 0.657. The van der Waals surface area contributed by atoms with E-state index in [2.05, 4.69) is 9.80 Å². The number of anilines is 1. The normalized spacial score (nSPS) is 21.0. The molecule has 0 saturated carbocycles. The molecule has 2 fully saturated rings. The van der Waals surface area contributed by atoms with Crippen LogP contribution in [0.15, 0.2) is 42.5 Å². The van der Waals surface area contributed by atoms with Crippen LogP contribution in [0.2, 0.25) is 0 Å². The van der Waals surface area contributed by atoms with E-state index >= 15 is 0 Å². The van der Waals surface area contributed by atoms with Crippen molar-refractivity contribution in [3.63, 3.8) is 0 Å². The van der Waals surface area contributed by atoms with Gasteiger partial charge in [0.25, 0.3) is 5.91 Å². The van der Waals surface area contributed by atoms with Crippen LogP contribution in [0.5, 0.6) is 11.5 Å². The van der Waals surface area contributed by atoms with Crippen LogP contribution >= 0.6 is 0 Å². The van der Waals surface area contributed by atoms with Crippen LogP contribution in [0.25, 0.3) is 0 Å². The van der Waals surface area contributed by atoms with Crippen molar-refractivity contribution >= 4 is 23.5 Å². The van der Waals surface area contributed by atoms with Crippen LogP contribution in [0.1, 0.15) is 22.3 Å². The summed E-state index contributed by atoms with van der Waals surface area (Å²) >= 11 is 0. The van der Waals surface area contributed by atoms with Crippen LogP contribution in [0.4, 0.5) is 5.69 Å². The highest BCUT2D eigenvalue weighted by Gasteiger charge is 2.43. The molecule has 1 atom stereocenters. The van der Waals surface area contributed by atoms with E-state index in [-0.39, 0.29) is 25.0 Å². The number of imide groups is 1. The number of fused-ring (bicyclic) bond motifs is 1. The summed E-state index contributed by atoms with van der Waals surface area (Å²) in [7, 11) is 1.31. The lowest BCUT2D eigenvalue weighted by atomic mass is 10.1. The first-order chi connectivity index (χ1) is 16.0. The predicted molar refractivity (Wildman–Crippen MR) is 118 cm³/mol. The van der Waals surface area contributed by atoms with Crippen molar-refractivity contribution in [1.29, 1.82) is 0 Å². The molecule has 0 bridgehead atoms. The number of ether oxygens (including phenoxy) is 3. The van der Waals surface area contributed by atoms with E-state index in [1.54, 1.807) is 24.3 Å². The van der Waals surface area contributed by atoms with E-state index in [0.717, 1.165) is 36.7 Å². The third kappa shape index (κ3) is 4.17. The molecule has 2 aromatic carbocycles. The van der Waals surface area contributed by atoms with Crippen molar-refractivity contribution in [3.05, 3.63) is 53.6 Å². The molecule has 3 aliphatic rings. The number of esters is 1. The molecule has 172 valence electrons. The fourth-order valence-corrected chi connectivity index (χ4v) is 4.57. The summed E-state index contributed by atoms with van der Waals surface area (Å²) in [6, 6.07) is 11.9. The summed E-state index contributed by atoms with van der Waals surface area (Å²) < 4.78 is 15.5. The Hall–Kier alpha value is -3.43. The van der Waals surface area contributed by atoms with Gasteiger partial charge in [0.2, 0.25) is 12.7 Å². The molecule has 9 heteroatoms. The Bertz CT molecular complexity index is 1080. The molecule has 0 aromatic heterocycles. The standard InChI is InChI=1S/C24H25N3O6/c1-31-24(30)17-3-5-18(6-4-17)27-22(28)13-19(23(27)29)26-10-8-25(9-11-26)14-16-2-7-20-21(12-16)33-15-32-20/h2-7,12,19H,8-11,13-15H2,1H3/t19-/m0/s1. The average molecular weight is 451 g/mol. The lowest BCUT2D eigenvalue weighted by Crippen LogP contribution is -2.52. The van der Waals surface area contributed by atoms with Gasteiger partial charge in [0.15, 0.2) is 11.5 Å². The van der Waals surface area contributed by atoms with Crippen LogP contribution in [-0.2, 0) is 20.9 Å². The minimum absolute atomic E-state index is 0.166. The third-order valence-electron chi connectivity index (χ3n) is 6.36. The highest BCUT2D eigenvalue weighted by molar-refractivity contribution is 6.22. The number of rotatable bonds is 5. The van der Waals surface area contributed by atoms with Crippen LogP contribution in [-0.4, -0.2) is 73.7 Å². The van der Waals surface area contributed by atoms with Crippen molar-refractivity contribution in [3.8, 4) is 11.5 Å². The Morgan fingerprint density at radius 2 is 1.73 bits per heavy atom. The van der Waals surface area contributed by atoms with E-state index in [0.29, 0.717) is 24.3 Å². The molecule has 2 amide bonds. The maximum atomic E-state index is 13.1. The Morgan fingerprint density at radius 1 is 1.00 bits per heavy atom. The Labute approximate surface area is 191 Å². The first-order valence-corrected chi connectivity index (χ1v) is 10.9. The summed E-state index contributed by atoms with van der Waals surface area (Å²) in [4.78, 5) is 43.1. The zero-order valence-corrected chi connectivity index (χ0v) is 18.4. The Balaban J connectivity index is 1.19. The number of carbonyl (C=O) groups is 3. The molecular formula is C24H25N3O6. The van der Waals surface area contributed by atoms with Gasteiger partial charge >= 0.3 is 5.97 Å². The van der Waals surface area contributed by atoms with Gasteiger partial charge in [-0.15, -0.1) is 0 Å². The first kappa shape index (κ1) is 21.4. The Morgan fingerprint density at radius 3 is 2.45 bits per heavy atom. The van der Waals surface area contributed by atoms with Crippen LogP contribution in [0.3, 0.4) is 0 Å². The smallest absolute Gasteiger partial charge is 0.337 e. The number of nitrogens with zero attached hydrogens (tertiary/aromatic N) is 3. The number of hydrogen-bond donors (Lipinski definition) is 0. The SMILES string of the molecule is COC(=O)c1ccc(N2C(=O)C[C@H](N3CCN(Cc4ccc5c(c4)OCO5)CC3)C2=O)cc1. The molecule has 2 saturated heterocycles. The largest absolute Gasteiger partial charge is 0.465 e. The summed E-state index contributed by atoms with van der Waals surface area (Å²) in [6.45, 7) is 4.09. The maximum absolute atomic E-state index is 13.1. The molecule has 2 aromatic rings. The fourth-order valence-electron chi connectivity index (χ4n) is 4.57. The molecule has 9 nitrogen and oxygen atoms in total. The van der Waals surface area contributed by atoms with Crippen molar-refractivity contribution in [2.75, 3.05) is 45.0 Å². The number of hydrogen-bond acceptors (Lipinski definition) is 8. The van der Waals surface area contributed by atoms with Crippen molar-refractivity contribution < 1.29 is 28.6 Å². The van der Waals surface area contributed by atoms with Gasteiger partial charge in [-0.25, -0.2) is 9.69 Å². The summed E-state index contributed by atoms with van der Waals surface area (Å²) in [6.07, 6.45) is 0.166. The minimum Gasteiger partial charge on any atom is -0.465 e. The van der Waals surface area contributed by atoms with E-state index < -0.39 is 12.0 Å². The molecule has 0 aliphatic carbocycles. The molecule has 5 rings (SSSR count). The van der Waals surface area contributed by atoms with Gasteiger partial charge in [-0.1, -0.05) is 6.07 Å². The second kappa shape index (κ2) is 8.84. The van der Waals surface area contributed by atoms with E-state index in [1.165, 1.54) is 12.0 Å². The quantitative estimate of drug-likeness (QED) is 0.501. The van der Waals surface area contributed by atoms with E-state index in [9.17, 15) is 14.4 Å². The molecule has 0 unspecified atom stereocenters. The number of carbonyl (C=O) groups excluding carboxylic acids is 3. The van der Waals surface area contributed by atoms with E-state index in [4.69, 9.17) is 14.2 Å². The lowest BCUT2D eigenvalue weighted by Gasteiger charge is -2.37. The minimum atomic E-state index is -0.461. The number of benzene rings is 2. The van der Waals surface area contributed by atoms with Gasteiger partial charge in [0.1, 0.15) is 0 Å². The molecule has 33 heavy (non-hydrogen) atoms. The molecule has 0 N–H and O–H groups in total. The molecule has 0 radical (unpaired) electrons. The fraction of sp³-hybridized carbons (Fsp3) is 0.375. The second-order valence-corrected chi connectivity index (χ2v) is 8.33. The summed E-state index contributed by atoms with van der Waals surface area (Å²) in [5, 5.41) is 0. The summed E-state index contributed by atoms with van der Waals surface area (Å²) in [5.41, 5.74) is 2.00. The van der Waals surface area contributed by atoms with Crippen LogP contribution in [0, 0.1) is 0 Å². The lowest BCUT2D eigenvalue weighted by molar-refractivity contribution is -0.123.